The minimum Gasteiger partial charge on any atom is -0.391 e. The Morgan fingerprint density at radius 3 is 0.928 bits per heavy atom. The van der Waals surface area contributed by atoms with Gasteiger partial charge in [0.2, 0.25) is 5.91 Å². The fraction of sp³-hybridized carbons (Fsp3) is 0.983. The maximum Gasteiger partial charge on any atom is 0.472 e. The van der Waals surface area contributed by atoms with E-state index in [2.05, 4.69) is 19.2 Å². The Balaban J connectivity index is 3.74. The topological polar surface area (TPSA) is 131 Å². The predicted molar refractivity (Wildman–Crippen MR) is 300 cm³/mol. The van der Waals surface area contributed by atoms with Gasteiger partial charge in [0.15, 0.2) is 0 Å². The van der Waals surface area contributed by atoms with Gasteiger partial charge in [-0.15, -0.1) is 0 Å². The summed E-state index contributed by atoms with van der Waals surface area (Å²) >= 11 is 0. The number of phosphoric ester groups is 1. The number of nitrogens with one attached hydrogen (secondary N) is 1. The van der Waals surface area contributed by atoms with Gasteiger partial charge in [-0.1, -0.05) is 328 Å². The highest BCUT2D eigenvalue weighted by Crippen LogP contribution is 2.43. The largest absolute Gasteiger partial charge is 0.472 e. The summed E-state index contributed by atoms with van der Waals surface area (Å²) in [7, 11) is -4.32. The van der Waals surface area contributed by atoms with Crippen LogP contribution in [-0.2, 0) is 18.4 Å². The second kappa shape index (κ2) is 56.8. The molecule has 0 saturated heterocycles. The number of aliphatic hydroxyl groups is 1. The molecule has 0 aromatic heterocycles. The molecule has 414 valence electrons. The van der Waals surface area contributed by atoms with Crippen LogP contribution in [0, 0.1) is 0 Å². The molecule has 0 heterocycles. The van der Waals surface area contributed by atoms with Crippen LogP contribution in [0.1, 0.15) is 348 Å². The lowest BCUT2D eigenvalue weighted by atomic mass is 10.0. The second-order valence-corrected chi connectivity index (χ2v) is 23.1. The van der Waals surface area contributed by atoms with Crippen LogP contribution in [0.2, 0.25) is 0 Å². The average molecular weight is 1000 g/mol. The van der Waals surface area contributed by atoms with E-state index in [1.54, 1.807) is 0 Å². The molecule has 0 spiro atoms. The predicted octanol–water partition coefficient (Wildman–Crippen LogP) is 19.2. The molecule has 0 aromatic rings. The Bertz CT molecular complexity index is 1050. The molecule has 0 aliphatic heterocycles. The van der Waals surface area contributed by atoms with Gasteiger partial charge in [-0.25, -0.2) is 4.57 Å². The van der Waals surface area contributed by atoms with Crippen LogP contribution in [0.5, 0.6) is 0 Å². The monoisotopic (exact) mass is 999 g/mol. The molecule has 0 rings (SSSR count). The number of rotatable bonds is 60. The van der Waals surface area contributed by atoms with Crippen molar-refractivity contribution in [3.8, 4) is 0 Å². The zero-order valence-electron chi connectivity index (χ0n) is 46.6. The third-order valence-electron chi connectivity index (χ3n) is 14.7. The van der Waals surface area contributed by atoms with Crippen LogP contribution in [0.15, 0.2) is 0 Å². The average Bonchev–Trinajstić information content (AvgIpc) is 3.34. The minimum absolute atomic E-state index is 0.0929. The molecule has 0 aromatic carbocycles. The summed E-state index contributed by atoms with van der Waals surface area (Å²) in [5, 5.41) is 13.9. The number of carbonyl (C=O) groups excluding carboxylic acids is 1. The van der Waals surface area contributed by atoms with Crippen molar-refractivity contribution in [3.63, 3.8) is 0 Å². The minimum atomic E-state index is -4.32. The zero-order valence-corrected chi connectivity index (χ0v) is 47.5. The zero-order chi connectivity index (χ0) is 50.2. The van der Waals surface area contributed by atoms with E-state index in [0.717, 1.165) is 38.5 Å². The quantitative estimate of drug-likeness (QED) is 0.0352. The van der Waals surface area contributed by atoms with Crippen LogP contribution in [0.4, 0.5) is 0 Å². The summed E-state index contributed by atoms with van der Waals surface area (Å²) in [5.74, 6) is -0.152. The number of phosphoric acid groups is 1. The standard InChI is InChI=1S/C60H123N2O6P/c1-3-5-7-9-11-13-15-17-19-20-21-22-23-24-25-26-27-28-29-30-31-32-33-34-35-36-37-38-40-42-44-46-48-50-52-54-60(64)62-58(57-68-69(65,66)67-56-55-61)59(63)53-51-49-47-45-43-41-39-18-16-14-12-10-8-6-4-2/h58-59,63H,3-57,61H2,1-2H3,(H,62,64)(H,65,66)/t58-,59+/m0/s1. The van der Waals surface area contributed by atoms with Crippen molar-refractivity contribution in [3.05, 3.63) is 0 Å². The van der Waals surface area contributed by atoms with E-state index < -0.39 is 20.0 Å². The number of hydrogen-bond donors (Lipinski definition) is 4. The molecule has 1 amide bonds. The molecule has 0 aliphatic rings. The molecular formula is C60H123N2O6P. The van der Waals surface area contributed by atoms with Gasteiger partial charge in [-0.2, -0.15) is 0 Å². The van der Waals surface area contributed by atoms with Gasteiger partial charge in [-0.05, 0) is 12.8 Å². The Labute approximate surface area is 431 Å². The van der Waals surface area contributed by atoms with Crippen molar-refractivity contribution in [1.82, 2.24) is 5.32 Å². The lowest BCUT2D eigenvalue weighted by Gasteiger charge is -2.25. The van der Waals surface area contributed by atoms with E-state index in [0.29, 0.717) is 12.8 Å². The van der Waals surface area contributed by atoms with Crippen molar-refractivity contribution in [2.75, 3.05) is 19.8 Å². The van der Waals surface area contributed by atoms with Crippen LogP contribution < -0.4 is 11.1 Å². The molecule has 0 fully saturated rings. The van der Waals surface area contributed by atoms with E-state index in [4.69, 9.17) is 14.8 Å². The van der Waals surface area contributed by atoms with Crippen LogP contribution in [0.25, 0.3) is 0 Å². The van der Waals surface area contributed by atoms with Gasteiger partial charge in [0.1, 0.15) is 0 Å². The van der Waals surface area contributed by atoms with Crippen molar-refractivity contribution >= 4 is 13.7 Å². The summed E-state index contributed by atoms with van der Waals surface area (Å²) < 4.78 is 22.3. The summed E-state index contributed by atoms with van der Waals surface area (Å²) in [6.45, 7) is 4.27. The lowest BCUT2D eigenvalue weighted by molar-refractivity contribution is -0.123. The summed E-state index contributed by atoms with van der Waals surface area (Å²) in [5.41, 5.74) is 5.41. The molecule has 3 atom stereocenters. The second-order valence-electron chi connectivity index (χ2n) is 21.6. The fourth-order valence-electron chi connectivity index (χ4n) is 10.0. The van der Waals surface area contributed by atoms with Crippen LogP contribution >= 0.6 is 7.82 Å². The molecule has 1 unspecified atom stereocenters. The van der Waals surface area contributed by atoms with Crippen molar-refractivity contribution < 1.29 is 28.4 Å². The van der Waals surface area contributed by atoms with Crippen molar-refractivity contribution in [2.24, 2.45) is 5.73 Å². The van der Waals surface area contributed by atoms with Gasteiger partial charge in [-0.3, -0.25) is 13.8 Å². The smallest absolute Gasteiger partial charge is 0.391 e. The van der Waals surface area contributed by atoms with E-state index in [-0.39, 0.29) is 25.7 Å². The Kier molecular flexibility index (Phi) is 56.4. The normalized spacial score (nSPS) is 13.5. The number of aliphatic hydroxyl groups excluding tert-OH is 1. The van der Waals surface area contributed by atoms with E-state index in [1.807, 2.05) is 0 Å². The molecule has 0 aliphatic carbocycles. The summed E-state index contributed by atoms with van der Waals surface area (Å²) in [4.78, 5) is 22.9. The maximum absolute atomic E-state index is 12.9. The van der Waals surface area contributed by atoms with Gasteiger partial charge in [0.05, 0.1) is 25.4 Å². The molecule has 5 N–H and O–H groups in total. The molecule has 0 bridgehead atoms. The first-order valence-corrected chi connectivity index (χ1v) is 32.6. The summed E-state index contributed by atoms with van der Waals surface area (Å²) in [6.07, 6.45) is 67.5. The van der Waals surface area contributed by atoms with Crippen molar-refractivity contribution in [1.29, 1.82) is 0 Å². The molecule has 9 heteroatoms. The number of hydrogen-bond acceptors (Lipinski definition) is 6. The molecule has 0 radical (unpaired) electrons. The highest BCUT2D eigenvalue weighted by atomic mass is 31.2. The fourth-order valence-corrected chi connectivity index (χ4v) is 10.8. The number of carbonyl (C=O) groups is 1. The summed E-state index contributed by atoms with van der Waals surface area (Å²) in [6, 6.07) is -0.769. The Hall–Kier alpha value is -0.500. The first kappa shape index (κ1) is 68.5. The van der Waals surface area contributed by atoms with E-state index >= 15 is 0 Å². The maximum atomic E-state index is 12.9. The molecule has 8 nitrogen and oxygen atoms in total. The van der Waals surface area contributed by atoms with E-state index in [9.17, 15) is 19.4 Å². The van der Waals surface area contributed by atoms with Crippen LogP contribution in [0.3, 0.4) is 0 Å². The van der Waals surface area contributed by atoms with Gasteiger partial charge in [0.25, 0.3) is 0 Å². The Morgan fingerprint density at radius 1 is 0.420 bits per heavy atom. The lowest BCUT2D eigenvalue weighted by Crippen LogP contribution is -2.46. The molecule has 69 heavy (non-hydrogen) atoms. The SMILES string of the molecule is CCCCCCCCCCCCCCCCCCCCCCCCCCCCCCCCCCCCCC(=O)N[C@@H](COP(=O)(O)OCCN)[C@H](O)CCCCCCCCCCCCCCCCC. The molecule has 0 saturated carbocycles. The molecular weight excluding hydrogens is 876 g/mol. The third-order valence-corrected chi connectivity index (χ3v) is 15.7. The highest BCUT2D eigenvalue weighted by Gasteiger charge is 2.27. The number of amides is 1. The van der Waals surface area contributed by atoms with Crippen LogP contribution in [-0.4, -0.2) is 47.8 Å². The van der Waals surface area contributed by atoms with Crippen molar-refractivity contribution in [2.45, 2.75) is 360 Å². The van der Waals surface area contributed by atoms with Gasteiger partial charge < -0.3 is 21.1 Å². The number of nitrogens with two attached hydrogens (primary N) is 1. The van der Waals surface area contributed by atoms with Gasteiger partial charge in [0, 0.05) is 13.0 Å². The third kappa shape index (κ3) is 55.1. The Morgan fingerprint density at radius 2 is 0.667 bits per heavy atom. The highest BCUT2D eigenvalue weighted by molar-refractivity contribution is 7.47. The first-order chi connectivity index (χ1) is 33.9. The first-order valence-electron chi connectivity index (χ1n) is 31.2. The van der Waals surface area contributed by atoms with E-state index in [1.165, 1.54) is 283 Å². The number of unbranched alkanes of at least 4 members (excludes halogenated alkanes) is 48. The van der Waals surface area contributed by atoms with Gasteiger partial charge >= 0.3 is 7.82 Å².